The van der Waals surface area contributed by atoms with Crippen molar-refractivity contribution in [2.75, 3.05) is 19.6 Å². The largest absolute Gasteiger partial charge is 0.330 e. The first-order valence-electron chi connectivity index (χ1n) is 6.20. The highest BCUT2D eigenvalue weighted by atomic mass is 15.2. The van der Waals surface area contributed by atoms with E-state index in [9.17, 15) is 0 Å². The number of rotatable bonds is 4. The van der Waals surface area contributed by atoms with Gasteiger partial charge in [0.25, 0.3) is 0 Å². The van der Waals surface area contributed by atoms with E-state index in [1.54, 1.807) is 0 Å². The number of piperidine rings is 1. The third kappa shape index (κ3) is 2.29. The zero-order valence-corrected chi connectivity index (χ0v) is 9.47. The summed E-state index contributed by atoms with van der Waals surface area (Å²) in [6.07, 6.45) is 8.33. The van der Waals surface area contributed by atoms with Crippen molar-refractivity contribution in [3.05, 3.63) is 0 Å². The highest BCUT2D eigenvalue weighted by Gasteiger charge is 2.43. The summed E-state index contributed by atoms with van der Waals surface area (Å²) >= 11 is 0. The van der Waals surface area contributed by atoms with Gasteiger partial charge in [-0.25, -0.2) is 0 Å². The molecule has 2 nitrogen and oxygen atoms in total. The summed E-state index contributed by atoms with van der Waals surface area (Å²) in [7, 11) is 0. The molecule has 1 aliphatic heterocycles. The first kappa shape index (κ1) is 10.4. The van der Waals surface area contributed by atoms with Crippen LogP contribution in [0.15, 0.2) is 0 Å². The Morgan fingerprint density at radius 1 is 1.36 bits per heavy atom. The maximum atomic E-state index is 5.68. The molecule has 0 amide bonds. The quantitative estimate of drug-likeness (QED) is 0.745. The van der Waals surface area contributed by atoms with E-state index in [1.807, 2.05) is 0 Å². The minimum absolute atomic E-state index is 0.639. The summed E-state index contributed by atoms with van der Waals surface area (Å²) in [5, 5.41) is 0. The van der Waals surface area contributed by atoms with Crippen molar-refractivity contribution < 1.29 is 0 Å². The fourth-order valence-corrected chi connectivity index (χ4v) is 2.79. The maximum absolute atomic E-state index is 5.68. The molecule has 2 aliphatic rings. The van der Waals surface area contributed by atoms with Crippen molar-refractivity contribution >= 4 is 0 Å². The molecular formula is C12H24N2. The van der Waals surface area contributed by atoms with Crippen LogP contribution in [-0.4, -0.2) is 30.6 Å². The molecular weight excluding hydrogens is 172 g/mol. The van der Waals surface area contributed by atoms with Crippen LogP contribution in [0.3, 0.4) is 0 Å². The van der Waals surface area contributed by atoms with E-state index in [4.69, 9.17) is 5.73 Å². The third-order valence-electron chi connectivity index (χ3n) is 4.11. The fraction of sp³-hybridized carbons (Fsp3) is 1.00. The second-order valence-corrected chi connectivity index (χ2v) is 5.35. The van der Waals surface area contributed by atoms with Crippen molar-refractivity contribution in [3.8, 4) is 0 Å². The van der Waals surface area contributed by atoms with Crippen molar-refractivity contribution in [2.24, 2.45) is 11.1 Å². The lowest BCUT2D eigenvalue weighted by molar-refractivity contribution is 0.126. The van der Waals surface area contributed by atoms with Gasteiger partial charge in [-0.05, 0) is 57.5 Å². The second-order valence-electron chi connectivity index (χ2n) is 5.35. The molecule has 1 aliphatic carbocycles. The van der Waals surface area contributed by atoms with Crippen LogP contribution in [0.2, 0.25) is 0 Å². The summed E-state index contributed by atoms with van der Waals surface area (Å²) in [5.74, 6) is 0. The van der Waals surface area contributed by atoms with Gasteiger partial charge in [0.15, 0.2) is 0 Å². The second kappa shape index (κ2) is 4.19. The molecule has 0 aromatic heterocycles. The standard InChI is InChI=1S/C12H24N2/c1-11-4-2-3-9-14(11)10-12(5-6-12)7-8-13/h11H,2-10,13H2,1H3. The fourth-order valence-electron chi connectivity index (χ4n) is 2.79. The Kier molecular flexibility index (Phi) is 3.13. The number of hydrogen-bond donors (Lipinski definition) is 1. The predicted molar refractivity (Wildman–Crippen MR) is 60.2 cm³/mol. The summed E-state index contributed by atoms with van der Waals surface area (Å²) in [6, 6.07) is 0.819. The van der Waals surface area contributed by atoms with Gasteiger partial charge >= 0.3 is 0 Å². The summed E-state index contributed by atoms with van der Waals surface area (Å²) in [4.78, 5) is 2.70. The van der Waals surface area contributed by atoms with Crippen molar-refractivity contribution in [2.45, 2.75) is 51.5 Å². The van der Waals surface area contributed by atoms with Gasteiger partial charge in [0.2, 0.25) is 0 Å². The monoisotopic (exact) mass is 196 g/mol. The molecule has 2 heteroatoms. The minimum Gasteiger partial charge on any atom is -0.330 e. The Bertz CT molecular complexity index is 187. The molecule has 0 aromatic carbocycles. The van der Waals surface area contributed by atoms with Gasteiger partial charge in [-0.2, -0.15) is 0 Å². The zero-order valence-electron chi connectivity index (χ0n) is 9.47. The van der Waals surface area contributed by atoms with Gasteiger partial charge in [-0.3, -0.25) is 0 Å². The highest BCUT2D eigenvalue weighted by Crippen LogP contribution is 2.49. The van der Waals surface area contributed by atoms with Gasteiger partial charge < -0.3 is 10.6 Å². The lowest BCUT2D eigenvalue weighted by Gasteiger charge is -2.36. The van der Waals surface area contributed by atoms with Gasteiger partial charge in [0.05, 0.1) is 0 Å². The van der Waals surface area contributed by atoms with Gasteiger partial charge in [-0.1, -0.05) is 6.42 Å². The van der Waals surface area contributed by atoms with Crippen LogP contribution >= 0.6 is 0 Å². The van der Waals surface area contributed by atoms with Crippen molar-refractivity contribution in [1.82, 2.24) is 4.90 Å². The summed E-state index contributed by atoms with van der Waals surface area (Å²) < 4.78 is 0. The van der Waals surface area contributed by atoms with Gasteiger partial charge in [0, 0.05) is 12.6 Å². The third-order valence-corrected chi connectivity index (χ3v) is 4.11. The van der Waals surface area contributed by atoms with Crippen molar-refractivity contribution in [1.29, 1.82) is 0 Å². The van der Waals surface area contributed by atoms with Gasteiger partial charge in [0.1, 0.15) is 0 Å². The van der Waals surface area contributed by atoms with Crippen LogP contribution in [0.25, 0.3) is 0 Å². The lowest BCUT2D eigenvalue weighted by Crippen LogP contribution is -2.41. The van der Waals surface area contributed by atoms with E-state index >= 15 is 0 Å². The van der Waals surface area contributed by atoms with E-state index in [1.165, 1.54) is 51.6 Å². The number of nitrogens with two attached hydrogens (primary N) is 1. The van der Waals surface area contributed by atoms with Gasteiger partial charge in [-0.15, -0.1) is 0 Å². The molecule has 1 unspecified atom stereocenters. The smallest absolute Gasteiger partial charge is 0.00671 e. The molecule has 2 fully saturated rings. The molecule has 82 valence electrons. The molecule has 1 atom stereocenters. The SMILES string of the molecule is CC1CCCCN1CC1(CCN)CC1. The summed E-state index contributed by atoms with van der Waals surface area (Å²) in [5.41, 5.74) is 6.32. The topological polar surface area (TPSA) is 29.3 Å². The van der Waals surface area contributed by atoms with Crippen LogP contribution in [0, 0.1) is 5.41 Å². The van der Waals surface area contributed by atoms with E-state index < -0.39 is 0 Å². The number of nitrogens with zero attached hydrogens (tertiary/aromatic N) is 1. The average Bonchev–Trinajstić information content (AvgIpc) is 2.90. The first-order valence-corrected chi connectivity index (χ1v) is 6.20. The molecule has 0 spiro atoms. The molecule has 0 bridgehead atoms. The molecule has 2 N–H and O–H groups in total. The van der Waals surface area contributed by atoms with Crippen LogP contribution in [-0.2, 0) is 0 Å². The predicted octanol–water partition coefficient (Wildman–Crippen LogP) is 1.99. The zero-order chi connectivity index (χ0) is 10.0. The Morgan fingerprint density at radius 3 is 2.71 bits per heavy atom. The van der Waals surface area contributed by atoms with Crippen molar-refractivity contribution in [3.63, 3.8) is 0 Å². The van der Waals surface area contributed by atoms with E-state index in [2.05, 4.69) is 11.8 Å². The van der Waals surface area contributed by atoms with Crippen LogP contribution < -0.4 is 5.73 Å². The average molecular weight is 196 g/mol. The Labute approximate surface area is 87.8 Å². The lowest BCUT2D eigenvalue weighted by atomic mass is 9.97. The molecule has 2 rings (SSSR count). The molecule has 1 saturated carbocycles. The number of hydrogen-bond acceptors (Lipinski definition) is 2. The maximum Gasteiger partial charge on any atom is 0.00671 e. The molecule has 1 heterocycles. The first-order chi connectivity index (χ1) is 6.76. The Hall–Kier alpha value is -0.0800. The van der Waals surface area contributed by atoms with Crippen LogP contribution in [0.4, 0.5) is 0 Å². The Morgan fingerprint density at radius 2 is 2.14 bits per heavy atom. The normalized spacial score (nSPS) is 31.7. The molecule has 1 saturated heterocycles. The van der Waals surface area contributed by atoms with Crippen LogP contribution in [0.5, 0.6) is 0 Å². The minimum atomic E-state index is 0.639. The molecule has 0 radical (unpaired) electrons. The van der Waals surface area contributed by atoms with E-state index in [-0.39, 0.29) is 0 Å². The summed E-state index contributed by atoms with van der Waals surface area (Å²) in [6.45, 7) is 5.92. The van der Waals surface area contributed by atoms with Crippen LogP contribution in [0.1, 0.15) is 45.4 Å². The molecule has 0 aromatic rings. The Balaban J connectivity index is 1.83. The molecule has 14 heavy (non-hydrogen) atoms. The van der Waals surface area contributed by atoms with E-state index in [0.29, 0.717) is 5.41 Å². The number of likely N-dealkylation sites (tertiary alicyclic amines) is 1. The van der Waals surface area contributed by atoms with E-state index in [0.717, 1.165) is 12.6 Å². The highest BCUT2D eigenvalue weighted by molar-refractivity contribution is 4.96.